The smallest absolute Gasteiger partial charge is 0.309 e. The highest BCUT2D eigenvalue weighted by Gasteiger charge is 2.23. The normalized spacial score (nSPS) is 12.6. The summed E-state index contributed by atoms with van der Waals surface area (Å²) in [7, 11) is 0. The first-order valence-corrected chi connectivity index (χ1v) is 17.0. The minimum Gasteiger partial charge on any atom is -0.404 e. The summed E-state index contributed by atoms with van der Waals surface area (Å²) in [6.07, 6.45) is 1.86. The quantitative estimate of drug-likeness (QED) is 0.185. The highest BCUT2D eigenvalue weighted by Crippen LogP contribution is 2.35. The van der Waals surface area contributed by atoms with Crippen molar-refractivity contribution in [2.45, 2.75) is 20.8 Å². The van der Waals surface area contributed by atoms with E-state index in [9.17, 15) is 0 Å². The van der Waals surface area contributed by atoms with Gasteiger partial charge in [-0.2, -0.15) is 4.98 Å². The number of imidazole rings is 5. The second-order valence-electron chi connectivity index (χ2n) is 13.5. The van der Waals surface area contributed by atoms with Gasteiger partial charge in [0, 0.05) is 0 Å². The summed E-state index contributed by atoms with van der Waals surface area (Å²) >= 11 is 0. The molecule has 0 saturated heterocycles. The van der Waals surface area contributed by atoms with Crippen molar-refractivity contribution in [3.63, 3.8) is 0 Å². The first-order chi connectivity index (χ1) is 25.0. The zero-order valence-electron chi connectivity index (χ0n) is 27.8. The lowest BCUT2D eigenvalue weighted by molar-refractivity contribution is 0.630. The van der Waals surface area contributed by atoms with Crippen LogP contribution in [-0.2, 0) is 0 Å². The van der Waals surface area contributed by atoms with Gasteiger partial charge in [0.05, 0.1) is 72.7 Å². The molecule has 0 N–H and O–H groups in total. The van der Waals surface area contributed by atoms with Gasteiger partial charge in [0.15, 0.2) is 0 Å². The zero-order valence-corrected chi connectivity index (χ0v) is 27.8. The lowest BCUT2D eigenvalue weighted by Gasteiger charge is -2.08. The molecule has 0 aliphatic rings. The van der Waals surface area contributed by atoms with E-state index in [-0.39, 0.29) is 0 Å². The maximum atomic E-state index is 6.32. The molecule has 0 aliphatic carbocycles. The average Bonchev–Trinajstić information content (AvgIpc) is 3.96. The van der Waals surface area contributed by atoms with Crippen LogP contribution in [0, 0.1) is 20.8 Å². The van der Waals surface area contributed by atoms with Crippen LogP contribution in [0.15, 0.2) is 114 Å². The van der Waals surface area contributed by atoms with E-state index < -0.39 is 0 Å². The molecule has 12 rings (SSSR count). The minimum atomic E-state index is 0.499. The van der Waals surface area contributed by atoms with Gasteiger partial charge in [-0.25, -0.2) is 15.0 Å². The second kappa shape index (κ2) is 9.19. The Bertz CT molecular complexity index is 3470. The molecule has 0 bridgehead atoms. The van der Waals surface area contributed by atoms with Gasteiger partial charge in [-0.15, -0.1) is 0 Å². The summed E-state index contributed by atoms with van der Waals surface area (Å²) in [5.41, 5.74) is 16.8. The minimum absolute atomic E-state index is 0.499. The van der Waals surface area contributed by atoms with Gasteiger partial charge in [-0.1, -0.05) is 48.5 Å². The maximum Gasteiger partial charge on any atom is 0.309 e. The third-order valence-electron chi connectivity index (χ3n) is 10.5. The van der Waals surface area contributed by atoms with Crippen molar-refractivity contribution >= 4 is 83.8 Å². The molecule has 10 heteroatoms. The van der Waals surface area contributed by atoms with Gasteiger partial charge in [0.25, 0.3) is 0 Å². The van der Waals surface area contributed by atoms with E-state index >= 15 is 0 Å². The monoisotopic (exact) mass is 661 g/mol. The zero-order chi connectivity index (χ0) is 33.7. The number of benzene rings is 5. The van der Waals surface area contributed by atoms with Gasteiger partial charge in [-0.05, 0) is 92.1 Å². The van der Waals surface area contributed by atoms with Crippen molar-refractivity contribution in [1.82, 2.24) is 42.3 Å². The predicted molar refractivity (Wildman–Crippen MR) is 201 cm³/mol. The molecule has 0 aliphatic heterocycles. The molecule has 242 valence electrons. The first-order valence-electron chi connectivity index (χ1n) is 17.0. The van der Waals surface area contributed by atoms with E-state index in [2.05, 4.69) is 146 Å². The highest BCUT2D eigenvalue weighted by molar-refractivity contribution is 5.97. The van der Waals surface area contributed by atoms with Gasteiger partial charge in [0.1, 0.15) is 5.52 Å². The number of aryl methyl sites for hydroxylation is 3. The average molecular weight is 662 g/mol. The summed E-state index contributed by atoms with van der Waals surface area (Å²) in [5.74, 6) is 2.20. The van der Waals surface area contributed by atoms with Crippen molar-refractivity contribution in [3.05, 3.63) is 126 Å². The molecule has 0 saturated carbocycles. The molecular formula is C41H27N9O. The van der Waals surface area contributed by atoms with Crippen LogP contribution in [0.25, 0.3) is 95.2 Å². The van der Waals surface area contributed by atoms with E-state index in [1.54, 1.807) is 0 Å². The lowest BCUT2D eigenvalue weighted by atomic mass is 10.1. The van der Waals surface area contributed by atoms with Crippen LogP contribution < -0.4 is 0 Å². The Morgan fingerprint density at radius 2 is 0.980 bits per heavy atom. The van der Waals surface area contributed by atoms with Gasteiger partial charge in [0.2, 0.25) is 17.3 Å². The van der Waals surface area contributed by atoms with E-state index in [4.69, 9.17) is 24.4 Å². The fourth-order valence-electron chi connectivity index (χ4n) is 8.25. The van der Waals surface area contributed by atoms with E-state index in [1.165, 1.54) is 0 Å². The largest absolute Gasteiger partial charge is 0.404 e. The Morgan fingerprint density at radius 3 is 1.61 bits per heavy atom. The number of oxazole rings is 1. The van der Waals surface area contributed by atoms with Gasteiger partial charge >= 0.3 is 5.84 Å². The van der Waals surface area contributed by atoms with Crippen LogP contribution >= 0.6 is 0 Å². The van der Waals surface area contributed by atoms with Crippen LogP contribution in [0.4, 0.5) is 0 Å². The van der Waals surface area contributed by atoms with Gasteiger partial charge < -0.3 is 4.42 Å². The molecule has 0 spiro atoms. The SMILES string of the molecule is Cc1cc(-n2c3ccccc3n3c4cccc(C)c4nc23)cc2c1nc1oc3ncc(-n4c5ccccc5n5c6cccc(C)c6nc45)cc3n12. The van der Waals surface area contributed by atoms with E-state index in [0.29, 0.717) is 11.6 Å². The highest BCUT2D eigenvalue weighted by atomic mass is 16.4. The van der Waals surface area contributed by atoms with Crippen molar-refractivity contribution in [2.24, 2.45) is 0 Å². The Labute approximate surface area is 288 Å². The lowest BCUT2D eigenvalue weighted by Crippen LogP contribution is -1.98. The first kappa shape index (κ1) is 26.9. The summed E-state index contributed by atoms with van der Waals surface area (Å²) in [6.45, 7) is 6.33. The summed E-state index contributed by atoms with van der Waals surface area (Å²) in [6, 6.07) is 36.1. The fourth-order valence-corrected chi connectivity index (χ4v) is 8.25. The van der Waals surface area contributed by atoms with E-state index in [0.717, 1.165) is 100 Å². The molecule has 10 nitrogen and oxygen atoms in total. The molecule has 7 aromatic heterocycles. The number of hydrogen-bond donors (Lipinski definition) is 0. The predicted octanol–water partition coefficient (Wildman–Crippen LogP) is 9.04. The Hall–Kier alpha value is -6.94. The second-order valence-corrected chi connectivity index (χ2v) is 13.5. The van der Waals surface area contributed by atoms with Crippen LogP contribution in [-0.4, -0.2) is 42.3 Å². The third-order valence-corrected chi connectivity index (χ3v) is 10.5. The third kappa shape index (κ3) is 3.31. The molecule has 12 aromatic rings. The van der Waals surface area contributed by atoms with Gasteiger partial charge in [-0.3, -0.25) is 22.3 Å². The summed E-state index contributed by atoms with van der Waals surface area (Å²) < 4.78 is 17.3. The fraction of sp³-hybridized carbons (Fsp3) is 0.0732. The number of aromatic nitrogens is 9. The molecule has 51 heavy (non-hydrogen) atoms. The van der Waals surface area contributed by atoms with Crippen molar-refractivity contribution in [2.75, 3.05) is 0 Å². The van der Waals surface area contributed by atoms with Crippen LogP contribution in [0.2, 0.25) is 0 Å². The number of pyridine rings is 1. The molecule has 0 fully saturated rings. The summed E-state index contributed by atoms with van der Waals surface area (Å²) in [4.78, 5) is 20.2. The Morgan fingerprint density at radius 1 is 0.451 bits per heavy atom. The molecule has 0 atom stereocenters. The number of hydrogen-bond acceptors (Lipinski definition) is 5. The molecular weight excluding hydrogens is 635 g/mol. The van der Waals surface area contributed by atoms with Crippen LogP contribution in [0.1, 0.15) is 16.7 Å². The number of nitrogens with zero attached hydrogens (tertiary/aromatic N) is 9. The number of rotatable bonds is 2. The van der Waals surface area contributed by atoms with Crippen molar-refractivity contribution in [1.29, 1.82) is 0 Å². The van der Waals surface area contributed by atoms with Crippen LogP contribution in [0.5, 0.6) is 0 Å². The maximum absolute atomic E-state index is 6.32. The molecule has 0 unspecified atom stereocenters. The topological polar surface area (TPSA) is 87.8 Å². The van der Waals surface area contributed by atoms with Crippen molar-refractivity contribution in [3.8, 4) is 11.4 Å². The molecule has 7 heterocycles. The van der Waals surface area contributed by atoms with Crippen molar-refractivity contribution < 1.29 is 4.42 Å². The van der Waals surface area contributed by atoms with Crippen LogP contribution in [0.3, 0.4) is 0 Å². The molecule has 0 amide bonds. The Balaban J connectivity index is 1.15. The summed E-state index contributed by atoms with van der Waals surface area (Å²) in [5, 5.41) is 0. The number of fused-ring (bicyclic) bond motifs is 15. The standard InChI is InChI=1S/C41H27N9O/c1-22-10-8-16-31-35(22)43-39-46(27-12-4-6-14-29(27)48(31)39)25-18-24(3)37-33(19-25)50-34-20-26(21-42-38(34)51-41(50)45-37)47-28-13-5-7-15-30(28)49-32-17-9-11-23(2)36(32)44-40(47)49/h4-21H,1-3H3. The van der Waals surface area contributed by atoms with E-state index in [1.807, 2.05) is 6.20 Å². The molecule has 0 radical (unpaired) electrons. The Kier molecular flexibility index (Phi) is 4.85. The molecule has 5 aromatic carbocycles. The number of para-hydroxylation sites is 6.